The molecule has 4 nitrogen and oxygen atoms in total. The van der Waals surface area contributed by atoms with Crippen LogP contribution in [0.25, 0.3) is 0 Å². The van der Waals surface area contributed by atoms with Gasteiger partial charge in [0.25, 0.3) is 0 Å². The molecule has 1 rings (SSSR count). The molecular formula is C25H40N4. The molecule has 0 radical (unpaired) electrons. The van der Waals surface area contributed by atoms with E-state index in [1.165, 1.54) is 36.0 Å². The third-order valence-corrected chi connectivity index (χ3v) is 4.78. The molecule has 1 heterocycles. The fourth-order valence-electron chi connectivity index (χ4n) is 3.18. The number of hydrogen-bond acceptors (Lipinski definition) is 3. The summed E-state index contributed by atoms with van der Waals surface area (Å²) in [4.78, 5) is 11.8. The minimum atomic E-state index is 0.766. The highest BCUT2D eigenvalue weighted by molar-refractivity contribution is 6.00. The minimum Gasteiger partial charge on any atom is -0.394 e. The second kappa shape index (κ2) is 15.5. The van der Waals surface area contributed by atoms with Crippen LogP contribution in [0.5, 0.6) is 0 Å². The van der Waals surface area contributed by atoms with Gasteiger partial charge in [0.1, 0.15) is 0 Å². The molecule has 1 aliphatic heterocycles. The van der Waals surface area contributed by atoms with Crippen LogP contribution in [0.4, 0.5) is 0 Å². The maximum absolute atomic E-state index is 4.91. The highest BCUT2D eigenvalue weighted by atomic mass is 15.1. The van der Waals surface area contributed by atoms with Crippen LogP contribution in [0.2, 0.25) is 0 Å². The minimum absolute atomic E-state index is 0.766. The Kier molecular flexibility index (Phi) is 13.2. The number of allylic oxidation sites excluding steroid dienone is 6. The van der Waals surface area contributed by atoms with E-state index in [9.17, 15) is 0 Å². The van der Waals surface area contributed by atoms with E-state index >= 15 is 0 Å². The first kappa shape index (κ1) is 24.7. The average molecular weight is 397 g/mol. The summed E-state index contributed by atoms with van der Waals surface area (Å²) in [5, 5.41) is 3.12. The summed E-state index contributed by atoms with van der Waals surface area (Å²) >= 11 is 0. The molecule has 0 amide bonds. The van der Waals surface area contributed by atoms with Crippen LogP contribution in [-0.2, 0) is 0 Å². The van der Waals surface area contributed by atoms with Gasteiger partial charge in [-0.2, -0.15) is 0 Å². The zero-order valence-electron chi connectivity index (χ0n) is 19.0. The molecule has 4 heteroatoms. The number of rotatable bonds is 12. The first-order valence-electron chi connectivity index (χ1n) is 10.9. The van der Waals surface area contributed by atoms with Crippen LogP contribution in [0.3, 0.4) is 0 Å². The lowest BCUT2D eigenvalue weighted by atomic mass is 10.1. The quantitative estimate of drug-likeness (QED) is 0.256. The molecule has 1 saturated heterocycles. The van der Waals surface area contributed by atoms with Crippen LogP contribution in [0, 0.1) is 0 Å². The molecule has 0 unspecified atom stereocenters. The summed E-state index contributed by atoms with van der Waals surface area (Å²) in [7, 11) is 1.92. The first-order chi connectivity index (χ1) is 14.1. The van der Waals surface area contributed by atoms with Gasteiger partial charge in [-0.25, -0.2) is 4.99 Å². The Bertz CT molecular complexity index is 656. The Labute approximate surface area is 178 Å². The van der Waals surface area contributed by atoms with Crippen molar-refractivity contribution in [1.29, 1.82) is 0 Å². The van der Waals surface area contributed by atoms with Gasteiger partial charge in [0.15, 0.2) is 0 Å². The molecular weight excluding hydrogens is 356 g/mol. The van der Waals surface area contributed by atoms with Crippen molar-refractivity contribution in [3.05, 3.63) is 60.0 Å². The Morgan fingerprint density at radius 3 is 2.59 bits per heavy atom. The van der Waals surface area contributed by atoms with Crippen LogP contribution in [0.1, 0.15) is 59.3 Å². The average Bonchev–Trinajstić information content (AvgIpc) is 2.72. The van der Waals surface area contributed by atoms with Gasteiger partial charge in [0, 0.05) is 51.2 Å². The maximum atomic E-state index is 4.91. The van der Waals surface area contributed by atoms with Crippen molar-refractivity contribution in [2.24, 2.45) is 9.98 Å². The SMILES string of the molecule is C=C/C=C(\C=C/CC)CC/N=C(C/C(C)=C/N=C/N1CCCCC1)\C(C)=C\NC. The summed E-state index contributed by atoms with van der Waals surface area (Å²) in [6.07, 6.45) is 20.9. The van der Waals surface area contributed by atoms with Gasteiger partial charge in [0.05, 0.1) is 6.34 Å². The molecule has 0 saturated carbocycles. The summed E-state index contributed by atoms with van der Waals surface area (Å²) < 4.78 is 0. The van der Waals surface area contributed by atoms with Crippen LogP contribution < -0.4 is 5.32 Å². The molecule has 0 spiro atoms. The molecule has 1 aliphatic rings. The summed E-state index contributed by atoms with van der Waals surface area (Å²) in [5.74, 6) is 0. The van der Waals surface area contributed by atoms with E-state index in [1.54, 1.807) is 0 Å². The molecule has 0 bridgehead atoms. The zero-order chi connectivity index (χ0) is 21.3. The summed E-state index contributed by atoms with van der Waals surface area (Å²) in [6, 6.07) is 0. The van der Waals surface area contributed by atoms with Crippen molar-refractivity contribution in [1.82, 2.24) is 10.2 Å². The van der Waals surface area contributed by atoms with Crippen molar-refractivity contribution in [3.8, 4) is 0 Å². The Hall–Kier alpha value is -2.36. The smallest absolute Gasteiger partial charge is 0.0904 e. The van der Waals surface area contributed by atoms with E-state index in [1.807, 2.05) is 31.9 Å². The highest BCUT2D eigenvalue weighted by Crippen LogP contribution is 2.12. The van der Waals surface area contributed by atoms with Crippen LogP contribution >= 0.6 is 0 Å². The highest BCUT2D eigenvalue weighted by Gasteiger charge is 2.06. The Morgan fingerprint density at radius 2 is 1.93 bits per heavy atom. The second-order valence-corrected chi connectivity index (χ2v) is 7.50. The number of aliphatic imine (C=N–C) groups is 2. The molecule has 0 aromatic rings. The Morgan fingerprint density at radius 1 is 1.17 bits per heavy atom. The third kappa shape index (κ3) is 11.3. The normalized spacial score (nSPS) is 17.4. The summed E-state index contributed by atoms with van der Waals surface area (Å²) in [6.45, 7) is 13.2. The van der Waals surface area contributed by atoms with Crippen molar-refractivity contribution in [2.75, 3.05) is 26.7 Å². The Balaban J connectivity index is 2.76. The number of hydrogen-bond donors (Lipinski definition) is 1. The van der Waals surface area contributed by atoms with Gasteiger partial charge < -0.3 is 10.2 Å². The van der Waals surface area contributed by atoms with Crippen molar-refractivity contribution in [3.63, 3.8) is 0 Å². The van der Waals surface area contributed by atoms with Gasteiger partial charge in [-0.1, -0.05) is 37.8 Å². The third-order valence-electron chi connectivity index (χ3n) is 4.78. The van der Waals surface area contributed by atoms with Gasteiger partial charge in [0.2, 0.25) is 0 Å². The van der Waals surface area contributed by atoms with E-state index in [0.717, 1.165) is 44.6 Å². The predicted molar refractivity (Wildman–Crippen MR) is 130 cm³/mol. The monoisotopic (exact) mass is 396 g/mol. The largest absolute Gasteiger partial charge is 0.394 e. The second-order valence-electron chi connectivity index (χ2n) is 7.50. The van der Waals surface area contributed by atoms with Gasteiger partial charge >= 0.3 is 0 Å². The molecule has 0 aliphatic carbocycles. The maximum Gasteiger partial charge on any atom is 0.0904 e. The summed E-state index contributed by atoms with van der Waals surface area (Å²) in [5.41, 5.74) is 4.75. The molecule has 0 atom stereocenters. The molecule has 1 fully saturated rings. The van der Waals surface area contributed by atoms with Gasteiger partial charge in [-0.3, -0.25) is 4.99 Å². The van der Waals surface area contributed by atoms with E-state index in [0.29, 0.717) is 0 Å². The fraction of sp³-hybridized carbons (Fsp3) is 0.520. The lowest BCUT2D eigenvalue weighted by Crippen LogP contribution is -2.27. The molecule has 0 aromatic carbocycles. The van der Waals surface area contributed by atoms with Crippen molar-refractivity contribution < 1.29 is 0 Å². The van der Waals surface area contributed by atoms with Crippen molar-refractivity contribution >= 4 is 12.1 Å². The van der Waals surface area contributed by atoms with Crippen molar-refractivity contribution in [2.45, 2.75) is 59.3 Å². The number of nitrogens with zero attached hydrogens (tertiary/aromatic N) is 3. The standard InChI is InChI=1S/C25H40N4/c1-6-8-13-24(12-7-2)14-15-28-25(23(4)20-26-5)18-22(3)19-27-21-29-16-10-9-11-17-29/h7-8,12-13,19-21,26H,2,6,9-11,14-18H2,1,3-5H3/b13-8-,22-19+,23-20+,24-12+,27-21+,28-25-. The van der Waals surface area contributed by atoms with E-state index in [2.05, 4.69) is 60.8 Å². The topological polar surface area (TPSA) is 40.0 Å². The first-order valence-corrected chi connectivity index (χ1v) is 10.9. The lowest BCUT2D eigenvalue weighted by molar-refractivity contribution is 0.351. The van der Waals surface area contributed by atoms with Gasteiger partial charge in [-0.05, 0) is 62.7 Å². The number of nitrogens with one attached hydrogen (secondary N) is 1. The number of likely N-dealkylation sites (tertiary alicyclic amines) is 1. The zero-order valence-corrected chi connectivity index (χ0v) is 19.0. The lowest BCUT2D eigenvalue weighted by Gasteiger charge is -2.23. The van der Waals surface area contributed by atoms with E-state index in [4.69, 9.17) is 4.99 Å². The fourth-order valence-corrected chi connectivity index (χ4v) is 3.18. The van der Waals surface area contributed by atoms with Crippen LogP contribution in [0.15, 0.2) is 70.0 Å². The predicted octanol–water partition coefficient (Wildman–Crippen LogP) is 5.83. The molecule has 1 N–H and O–H groups in total. The van der Waals surface area contributed by atoms with Crippen LogP contribution in [-0.4, -0.2) is 43.6 Å². The van der Waals surface area contributed by atoms with Gasteiger partial charge in [-0.15, -0.1) is 0 Å². The number of piperidine rings is 1. The molecule has 0 aromatic heterocycles. The molecule has 29 heavy (non-hydrogen) atoms. The molecule has 160 valence electrons. The van der Waals surface area contributed by atoms with E-state index < -0.39 is 0 Å². The van der Waals surface area contributed by atoms with E-state index in [-0.39, 0.29) is 0 Å².